The maximum Gasteiger partial charge on any atom is 0.257 e. The third-order valence-electron chi connectivity index (χ3n) is 5.11. The Morgan fingerprint density at radius 2 is 2.00 bits per heavy atom. The number of pyridine rings is 1. The summed E-state index contributed by atoms with van der Waals surface area (Å²) in [5.74, 6) is 0.131. The number of amides is 1. The van der Waals surface area contributed by atoms with Crippen LogP contribution < -0.4 is 15.5 Å². The van der Waals surface area contributed by atoms with Gasteiger partial charge in [0.25, 0.3) is 5.91 Å². The predicted molar refractivity (Wildman–Crippen MR) is 117 cm³/mol. The summed E-state index contributed by atoms with van der Waals surface area (Å²) in [6, 6.07) is 17.6. The van der Waals surface area contributed by atoms with E-state index in [0.717, 1.165) is 36.9 Å². The number of carbonyl (C=O) groups excluding carboxylic acids is 1. The van der Waals surface area contributed by atoms with Crippen LogP contribution in [0.25, 0.3) is 0 Å². The molecule has 1 fully saturated rings. The van der Waals surface area contributed by atoms with E-state index in [4.69, 9.17) is 11.6 Å². The quantitative estimate of drug-likeness (QED) is 0.612. The summed E-state index contributed by atoms with van der Waals surface area (Å²) in [4.78, 5) is 19.0. The number of halogens is 2. The molecule has 1 amide bonds. The molecule has 1 aliphatic rings. The van der Waals surface area contributed by atoms with Gasteiger partial charge in [-0.1, -0.05) is 29.8 Å². The van der Waals surface area contributed by atoms with Gasteiger partial charge >= 0.3 is 0 Å². The zero-order valence-corrected chi connectivity index (χ0v) is 17.1. The van der Waals surface area contributed by atoms with Crippen molar-refractivity contribution in [2.75, 3.05) is 23.3 Å². The second-order valence-electron chi connectivity index (χ2n) is 7.31. The molecule has 0 aliphatic carbocycles. The Bertz CT molecular complexity index is 1010. The Kier molecular flexibility index (Phi) is 6.26. The van der Waals surface area contributed by atoms with E-state index in [-0.39, 0.29) is 5.91 Å². The van der Waals surface area contributed by atoms with Gasteiger partial charge in [0.1, 0.15) is 11.6 Å². The lowest BCUT2D eigenvalue weighted by atomic mass is 10.2. The van der Waals surface area contributed by atoms with Crippen molar-refractivity contribution in [3.63, 3.8) is 0 Å². The van der Waals surface area contributed by atoms with Crippen LogP contribution in [0.5, 0.6) is 0 Å². The molecule has 0 spiro atoms. The van der Waals surface area contributed by atoms with Crippen LogP contribution in [0.1, 0.15) is 22.3 Å². The number of benzene rings is 2. The minimum Gasteiger partial charge on any atom is -0.355 e. The van der Waals surface area contributed by atoms with E-state index in [1.807, 2.05) is 30.3 Å². The molecule has 30 heavy (non-hydrogen) atoms. The van der Waals surface area contributed by atoms with Crippen molar-refractivity contribution in [3.05, 3.63) is 88.8 Å². The number of carbonyl (C=O) groups is 1. The van der Waals surface area contributed by atoms with Crippen molar-refractivity contribution in [1.29, 1.82) is 0 Å². The van der Waals surface area contributed by atoms with Crippen LogP contribution in [0.2, 0.25) is 5.02 Å². The average Bonchev–Trinajstić information content (AvgIpc) is 3.22. The van der Waals surface area contributed by atoms with Crippen molar-refractivity contribution in [2.45, 2.75) is 19.0 Å². The van der Waals surface area contributed by atoms with Crippen LogP contribution in [0, 0.1) is 5.82 Å². The highest BCUT2D eigenvalue weighted by Gasteiger charge is 2.23. The molecule has 2 aromatic carbocycles. The van der Waals surface area contributed by atoms with Gasteiger partial charge in [-0.15, -0.1) is 0 Å². The summed E-state index contributed by atoms with van der Waals surface area (Å²) >= 11 is 5.93. The average molecular weight is 425 g/mol. The SMILES string of the molecule is O=C(Nc1cccc(F)c1)c1ccc(N2CC[C@@H](NCc3ccc(Cl)cc3)C2)nc1. The lowest BCUT2D eigenvalue weighted by molar-refractivity contribution is 0.102. The van der Waals surface area contributed by atoms with Crippen LogP contribution >= 0.6 is 11.6 Å². The molecule has 0 unspecified atom stereocenters. The molecule has 1 atom stereocenters. The van der Waals surface area contributed by atoms with Crippen molar-refractivity contribution in [2.24, 2.45) is 0 Å². The first-order valence-electron chi connectivity index (χ1n) is 9.82. The standard InChI is InChI=1S/C23H22ClFN4O/c24-18-7-4-16(5-8-18)13-26-21-10-11-29(15-21)22-9-6-17(14-27-22)23(30)28-20-3-1-2-19(25)12-20/h1-9,12,14,21,26H,10-11,13,15H2,(H,28,30)/t21-/m1/s1. The lowest BCUT2D eigenvalue weighted by Gasteiger charge is -2.18. The summed E-state index contributed by atoms with van der Waals surface area (Å²) in [7, 11) is 0. The summed E-state index contributed by atoms with van der Waals surface area (Å²) in [5.41, 5.74) is 2.04. The third-order valence-corrected chi connectivity index (χ3v) is 5.36. The van der Waals surface area contributed by atoms with E-state index >= 15 is 0 Å². The van der Waals surface area contributed by atoms with Gasteiger partial charge in [-0.05, 0) is 54.4 Å². The van der Waals surface area contributed by atoms with Crippen LogP contribution in [0.4, 0.5) is 15.9 Å². The van der Waals surface area contributed by atoms with Crippen molar-refractivity contribution in [1.82, 2.24) is 10.3 Å². The normalized spacial score (nSPS) is 15.9. The number of nitrogens with zero attached hydrogens (tertiary/aromatic N) is 2. The Balaban J connectivity index is 1.30. The van der Waals surface area contributed by atoms with Gasteiger partial charge in [-0.2, -0.15) is 0 Å². The van der Waals surface area contributed by atoms with E-state index in [2.05, 4.69) is 20.5 Å². The Labute approximate surface area is 179 Å². The molecule has 1 saturated heterocycles. The monoisotopic (exact) mass is 424 g/mol. The van der Waals surface area contributed by atoms with Crippen molar-refractivity contribution < 1.29 is 9.18 Å². The van der Waals surface area contributed by atoms with Gasteiger partial charge in [0.15, 0.2) is 0 Å². The summed E-state index contributed by atoms with van der Waals surface area (Å²) in [5, 5.41) is 6.99. The highest BCUT2D eigenvalue weighted by Crippen LogP contribution is 2.19. The zero-order valence-electron chi connectivity index (χ0n) is 16.3. The van der Waals surface area contributed by atoms with Gasteiger partial charge in [-0.3, -0.25) is 4.79 Å². The molecule has 154 valence electrons. The molecular weight excluding hydrogens is 403 g/mol. The summed E-state index contributed by atoms with van der Waals surface area (Å²) in [6.45, 7) is 2.55. The zero-order chi connectivity index (χ0) is 20.9. The number of nitrogens with one attached hydrogen (secondary N) is 2. The van der Waals surface area contributed by atoms with E-state index < -0.39 is 5.82 Å². The molecule has 1 aliphatic heterocycles. The molecule has 4 rings (SSSR count). The Morgan fingerprint density at radius 3 is 2.73 bits per heavy atom. The molecule has 0 radical (unpaired) electrons. The fraction of sp³-hybridized carbons (Fsp3) is 0.217. The van der Waals surface area contributed by atoms with Gasteiger partial charge in [-0.25, -0.2) is 9.37 Å². The topological polar surface area (TPSA) is 57.3 Å². The molecule has 7 heteroatoms. The Hall–Kier alpha value is -2.96. The van der Waals surface area contributed by atoms with E-state index in [1.54, 1.807) is 24.4 Å². The molecule has 3 aromatic rings. The van der Waals surface area contributed by atoms with Crippen molar-refractivity contribution >= 4 is 29.0 Å². The smallest absolute Gasteiger partial charge is 0.257 e. The van der Waals surface area contributed by atoms with Crippen LogP contribution in [-0.2, 0) is 6.54 Å². The maximum atomic E-state index is 13.3. The van der Waals surface area contributed by atoms with Crippen LogP contribution in [0.15, 0.2) is 66.9 Å². The van der Waals surface area contributed by atoms with Gasteiger partial charge < -0.3 is 15.5 Å². The number of aromatic nitrogens is 1. The molecule has 1 aromatic heterocycles. The number of hydrogen-bond acceptors (Lipinski definition) is 4. The summed E-state index contributed by atoms with van der Waals surface area (Å²) in [6.07, 6.45) is 2.58. The molecule has 2 N–H and O–H groups in total. The predicted octanol–water partition coefficient (Wildman–Crippen LogP) is 4.49. The van der Waals surface area contributed by atoms with E-state index in [9.17, 15) is 9.18 Å². The van der Waals surface area contributed by atoms with Crippen LogP contribution in [0.3, 0.4) is 0 Å². The molecule has 0 bridgehead atoms. The first-order valence-corrected chi connectivity index (χ1v) is 10.2. The van der Waals surface area contributed by atoms with E-state index in [1.165, 1.54) is 17.7 Å². The largest absolute Gasteiger partial charge is 0.355 e. The van der Waals surface area contributed by atoms with Gasteiger partial charge in [0.05, 0.1) is 5.56 Å². The number of anilines is 2. The fourth-order valence-corrected chi connectivity index (χ4v) is 3.60. The first kappa shape index (κ1) is 20.3. The second kappa shape index (κ2) is 9.24. The fourth-order valence-electron chi connectivity index (χ4n) is 3.48. The van der Waals surface area contributed by atoms with Gasteiger partial charge in [0.2, 0.25) is 0 Å². The minimum atomic E-state index is -0.394. The number of hydrogen-bond donors (Lipinski definition) is 2. The highest BCUT2D eigenvalue weighted by atomic mass is 35.5. The van der Waals surface area contributed by atoms with Gasteiger partial charge in [0, 0.05) is 42.6 Å². The van der Waals surface area contributed by atoms with Crippen LogP contribution in [-0.4, -0.2) is 30.0 Å². The highest BCUT2D eigenvalue weighted by molar-refractivity contribution is 6.30. The summed E-state index contributed by atoms with van der Waals surface area (Å²) < 4.78 is 13.3. The first-order chi connectivity index (χ1) is 14.6. The second-order valence-corrected chi connectivity index (χ2v) is 7.74. The van der Waals surface area contributed by atoms with E-state index in [0.29, 0.717) is 17.3 Å². The Morgan fingerprint density at radius 1 is 1.17 bits per heavy atom. The van der Waals surface area contributed by atoms with Crippen molar-refractivity contribution in [3.8, 4) is 0 Å². The lowest BCUT2D eigenvalue weighted by Crippen LogP contribution is -2.32. The third kappa shape index (κ3) is 5.14. The minimum absolute atomic E-state index is 0.316. The maximum absolute atomic E-state index is 13.3. The number of rotatable bonds is 6. The molecule has 0 saturated carbocycles. The molecule has 5 nitrogen and oxygen atoms in total. The molecule has 2 heterocycles. The molecular formula is C23H22ClFN4O.